The molecule has 4 nitrogen and oxygen atoms in total. The van der Waals surface area contributed by atoms with Crippen molar-refractivity contribution in [1.82, 2.24) is 4.90 Å². The van der Waals surface area contributed by atoms with E-state index in [0.29, 0.717) is 12.0 Å². The van der Waals surface area contributed by atoms with E-state index in [-0.39, 0.29) is 19.3 Å². The van der Waals surface area contributed by atoms with Crippen LogP contribution in [0.3, 0.4) is 0 Å². The number of rotatable bonds is 5. The van der Waals surface area contributed by atoms with E-state index in [9.17, 15) is 4.79 Å². The van der Waals surface area contributed by atoms with Gasteiger partial charge in [0, 0.05) is 12.6 Å². The molecule has 14 heavy (non-hydrogen) atoms. The number of nitrogens with zero attached hydrogens (tertiary/aromatic N) is 1. The van der Waals surface area contributed by atoms with Gasteiger partial charge in [0.2, 0.25) is 0 Å². The van der Waals surface area contributed by atoms with Crippen molar-refractivity contribution in [3.05, 3.63) is 0 Å². The molecule has 0 spiro atoms. The molecule has 0 bridgehead atoms. The summed E-state index contributed by atoms with van der Waals surface area (Å²) in [5.74, 6) is 0.706. The second kappa shape index (κ2) is 4.17. The summed E-state index contributed by atoms with van der Waals surface area (Å²) in [5, 5.41) is 8.55. The van der Waals surface area contributed by atoms with Crippen molar-refractivity contribution in [1.29, 1.82) is 0 Å². The third-order valence-corrected chi connectivity index (χ3v) is 2.69. The predicted octanol–water partition coefficient (Wildman–Crippen LogP) is 0.990. The topological polar surface area (TPSA) is 49.8 Å². The Morgan fingerprint density at radius 3 is 2.57 bits per heavy atom. The minimum Gasteiger partial charge on any atom is -0.447 e. The molecule has 4 heteroatoms. The summed E-state index contributed by atoms with van der Waals surface area (Å²) in [6.07, 6.45) is 4.47. The lowest BCUT2D eigenvalue weighted by molar-refractivity contribution is 0.0805. The number of aliphatic hydroxyl groups is 1. The Morgan fingerprint density at radius 1 is 1.36 bits per heavy atom. The second-order valence-electron chi connectivity index (χ2n) is 4.16. The van der Waals surface area contributed by atoms with Crippen molar-refractivity contribution >= 4 is 6.09 Å². The van der Waals surface area contributed by atoms with E-state index in [1.165, 1.54) is 12.8 Å². The monoisotopic (exact) mass is 199 g/mol. The van der Waals surface area contributed by atoms with Gasteiger partial charge in [0.15, 0.2) is 0 Å². The van der Waals surface area contributed by atoms with Crippen molar-refractivity contribution in [2.24, 2.45) is 5.92 Å². The van der Waals surface area contributed by atoms with Crippen LogP contribution in [-0.2, 0) is 4.74 Å². The molecule has 0 radical (unpaired) electrons. The molecule has 80 valence electrons. The Bertz CT molecular complexity index is 211. The van der Waals surface area contributed by atoms with Crippen molar-refractivity contribution in [2.75, 3.05) is 19.8 Å². The third-order valence-electron chi connectivity index (χ3n) is 2.69. The molecule has 0 aromatic heterocycles. The molecule has 2 aliphatic rings. The van der Waals surface area contributed by atoms with Gasteiger partial charge in [-0.05, 0) is 31.6 Å². The number of ether oxygens (including phenoxy) is 1. The minimum absolute atomic E-state index is 0.0896. The van der Waals surface area contributed by atoms with Crippen LogP contribution in [-0.4, -0.2) is 41.9 Å². The fourth-order valence-corrected chi connectivity index (χ4v) is 1.55. The largest absolute Gasteiger partial charge is 0.447 e. The Balaban J connectivity index is 1.78. The molecule has 0 saturated heterocycles. The molecule has 1 N–H and O–H groups in total. The SMILES string of the molecule is O=C(OCCO)N(CC1CC1)C1CC1. The minimum atomic E-state index is -0.242. The lowest BCUT2D eigenvalue weighted by Gasteiger charge is -2.21. The molecule has 2 saturated carbocycles. The van der Waals surface area contributed by atoms with Gasteiger partial charge in [-0.25, -0.2) is 4.79 Å². The maximum atomic E-state index is 11.5. The molecule has 0 aliphatic heterocycles. The highest BCUT2D eigenvalue weighted by Gasteiger charge is 2.37. The average Bonchev–Trinajstić information content (AvgIpc) is 3.02. The molecule has 2 fully saturated rings. The maximum absolute atomic E-state index is 11.5. The van der Waals surface area contributed by atoms with Crippen LogP contribution in [0.4, 0.5) is 4.79 Å². The highest BCUT2D eigenvalue weighted by Crippen LogP contribution is 2.35. The van der Waals surface area contributed by atoms with E-state index in [4.69, 9.17) is 9.84 Å². The van der Waals surface area contributed by atoms with Crippen LogP contribution in [0.25, 0.3) is 0 Å². The number of carbonyl (C=O) groups is 1. The highest BCUT2D eigenvalue weighted by atomic mass is 16.6. The van der Waals surface area contributed by atoms with Gasteiger partial charge in [-0.2, -0.15) is 0 Å². The first-order valence-electron chi connectivity index (χ1n) is 5.35. The van der Waals surface area contributed by atoms with E-state index >= 15 is 0 Å². The molecule has 1 amide bonds. The number of hydrogen-bond donors (Lipinski definition) is 1. The summed E-state index contributed by atoms with van der Waals surface area (Å²) in [5.41, 5.74) is 0. The van der Waals surface area contributed by atoms with Crippen molar-refractivity contribution in [2.45, 2.75) is 31.7 Å². The van der Waals surface area contributed by atoms with Crippen LogP contribution in [0.1, 0.15) is 25.7 Å². The Labute approximate surface area is 83.8 Å². The highest BCUT2D eigenvalue weighted by molar-refractivity contribution is 5.68. The quantitative estimate of drug-likeness (QED) is 0.718. The Kier molecular flexibility index (Phi) is 2.91. The standard InChI is InChI=1S/C10H17NO3/c12-5-6-14-10(13)11(9-3-4-9)7-8-1-2-8/h8-9,12H,1-7H2. The van der Waals surface area contributed by atoms with Gasteiger partial charge >= 0.3 is 6.09 Å². The summed E-state index contributed by atoms with van der Waals surface area (Å²) in [4.78, 5) is 13.4. The van der Waals surface area contributed by atoms with Crippen LogP contribution in [0.15, 0.2) is 0 Å². The summed E-state index contributed by atoms with van der Waals surface area (Å²) in [7, 11) is 0. The van der Waals surface area contributed by atoms with Gasteiger partial charge < -0.3 is 14.7 Å². The zero-order valence-electron chi connectivity index (χ0n) is 8.32. The molecule has 0 heterocycles. The molecule has 2 aliphatic carbocycles. The van der Waals surface area contributed by atoms with E-state index in [1.807, 2.05) is 4.90 Å². The Morgan fingerprint density at radius 2 is 2.07 bits per heavy atom. The summed E-state index contributed by atoms with van der Waals surface area (Å²) < 4.78 is 4.92. The van der Waals surface area contributed by atoms with Crippen LogP contribution >= 0.6 is 0 Å². The fraction of sp³-hybridized carbons (Fsp3) is 0.900. The first-order valence-corrected chi connectivity index (χ1v) is 5.35. The zero-order valence-corrected chi connectivity index (χ0v) is 8.32. The van der Waals surface area contributed by atoms with Gasteiger partial charge in [-0.15, -0.1) is 0 Å². The van der Waals surface area contributed by atoms with Crippen molar-refractivity contribution < 1.29 is 14.6 Å². The lowest BCUT2D eigenvalue weighted by Crippen LogP contribution is -2.35. The summed E-state index contributed by atoms with van der Waals surface area (Å²) >= 11 is 0. The predicted molar refractivity (Wildman–Crippen MR) is 50.9 cm³/mol. The molecule has 2 rings (SSSR count). The van der Waals surface area contributed by atoms with E-state index < -0.39 is 0 Å². The van der Waals surface area contributed by atoms with Crippen molar-refractivity contribution in [3.63, 3.8) is 0 Å². The van der Waals surface area contributed by atoms with Gasteiger partial charge in [-0.3, -0.25) is 0 Å². The molecular weight excluding hydrogens is 182 g/mol. The molecule has 0 aromatic rings. The van der Waals surface area contributed by atoms with Gasteiger partial charge in [0.25, 0.3) is 0 Å². The molecule has 0 aromatic carbocycles. The number of amides is 1. The third kappa shape index (κ3) is 2.61. The maximum Gasteiger partial charge on any atom is 0.410 e. The normalized spacial score (nSPS) is 20.6. The lowest BCUT2D eigenvalue weighted by atomic mass is 10.4. The van der Waals surface area contributed by atoms with Gasteiger partial charge in [0.05, 0.1) is 6.61 Å². The number of aliphatic hydroxyl groups excluding tert-OH is 1. The molecule has 0 atom stereocenters. The number of carbonyl (C=O) groups excluding carboxylic acids is 1. The van der Waals surface area contributed by atoms with Crippen LogP contribution < -0.4 is 0 Å². The number of hydrogen-bond acceptors (Lipinski definition) is 3. The molecular formula is C10H17NO3. The van der Waals surface area contributed by atoms with E-state index in [1.54, 1.807) is 0 Å². The summed E-state index contributed by atoms with van der Waals surface area (Å²) in [6.45, 7) is 0.884. The zero-order chi connectivity index (χ0) is 9.97. The smallest absolute Gasteiger partial charge is 0.410 e. The van der Waals surface area contributed by atoms with Gasteiger partial charge in [-0.1, -0.05) is 0 Å². The van der Waals surface area contributed by atoms with E-state index in [2.05, 4.69) is 0 Å². The van der Waals surface area contributed by atoms with Crippen LogP contribution in [0, 0.1) is 5.92 Å². The van der Waals surface area contributed by atoms with Crippen molar-refractivity contribution in [3.8, 4) is 0 Å². The average molecular weight is 199 g/mol. The fourth-order valence-electron chi connectivity index (χ4n) is 1.55. The van der Waals surface area contributed by atoms with Gasteiger partial charge in [0.1, 0.15) is 6.61 Å². The second-order valence-corrected chi connectivity index (χ2v) is 4.16. The van der Waals surface area contributed by atoms with Crippen LogP contribution in [0.2, 0.25) is 0 Å². The first kappa shape index (κ1) is 9.77. The van der Waals surface area contributed by atoms with E-state index in [0.717, 1.165) is 19.4 Å². The first-order chi connectivity index (χ1) is 6.81. The van der Waals surface area contributed by atoms with Crippen LogP contribution in [0.5, 0.6) is 0 Å². The summed E-state index contributed by atoms with van der Waals surface area (Å²) in [6, 6.07) is 0.418. The molecule has 0 unspecified atom stereocenters. The Hall–Kier alpha value is -0.770.